The molecule has 1 unspecified atom stereocenters. The van der Waals surface area contributed by atoms with Gasteiger partial charge in [0.25, 0.3) is 10.1 Å². The van der Waals surface area contributed by atoms with Crippen LogP contribution in [-0.2, 0) is 14.9 Å². The Balaban J connectivity index is 3.97. The molecule has 0 rings (SSSR count). The first-order valence-electron chi connectivity index (χ1n) is 8.76. The summed E-state index contributed by atoms with van der Waals surface area (Å²) in [5, 5.41) is 18.7. The van der Waals surface area contributed by atoms with Crippen LogP contribution in [0.2, 0.25) is 0 Å². The second-order valence-corrected chi connectivity index (χ2v) is 7.73. The molecule has 1 atom stereocenters. The van der Waals surface area contributed by atoms with E-state index in [1.54, 1.807) is 4.90 Å². The molecule has 0 aromatic heterocycles. The van der Waals surface area contributed by atoms with Crippen LogP contribution < -0.4 is 0 Å². The summed E-state index contributed by atoms with van der Waals surface area (Å²) in [4.78, 5) is 13.5. The van der Waals surface area contributed by atoms with Gasteiger partial charge in [-0.1, -0.05) is 32.6 Å². The number of carbonyl (C=O) groups excluding carboxylic acids is 1. The van der Waals surface area contributed by atoms with Crippen molar-refractivity contribution in [3.63, 3.8) is 0 Å². The molecule has 0 fully saturated rings. The zero-order valence-corrected chi connectivity index (χ0v) is 15.5. The molecule has 3 N–H and O–H groups in total. The summed E-state index contributed by atoms with van der Waals surface area (Å²) in [5.41, 5.74) is 0. The van der Waals surface area contributed by atoms with Gasteiger partial charge < -0.3 is 10.2 Å². The lowest BCUT2D eigenvalue weighted by molar-refractivity contribution is -0.119. The first-order valence-corrected chi connectivity index (χ1v) is 10.4. The van der Waals surface area contributed by atoms with Crippen LogP contribution >= 0.6 is 0 Å². The summed E-state index contributed by atoms with van der Waals surface area (Å²) < 4.78 is 30.2. The Kier molecular flexibility index (Phi) is 13.4. The van der Waals surface area contributed by atoms with Gasteiger partial charge in [-0.05, 0) is 19.4 Å². The molecule has 0 saturated carbocycles. The molecule has 0 radical (unpaired) electrons. The van der Waals surface area contributed by atoms with E-state index in [2.05, 4.69) is 6.92 Å². The molecule has 0 aliphatic rings. The monoisotopic (exact) mass is 367 g/mol. The fourth-order valence-electron chi connectivity index (χ4n) is 2.58. The van der Waals surface area contributed by atoms with Crippen LogP contribution in [0.5, 0.6) is 0 Å². The number of aliphatic hydroxyl groups is 2. The SMILES string of the molecule is CCCCCCCC(=O)CCCN(CCO)CC(O)CS(=O)(=O)O. The van der Waals surface area contributed by atoms with Crippen molar-refractivity contribution in [2.75, 3.05) is 32.0 Å². The normalized spacial score (nSPS) is 13.4. The Morgan fingerprint density at radius 3 is 2.25 bits per heavy atom. The van der Waals surface area contributed by atoms with Crippen LogP contribution in [0.4, 0.5) is 0 Å². The van der Waals surface area contributed by atoms with Crippen molar-refractivity contribution in [2.45, 2.75) is 64.4 Å². The molecule has 0 amide bonds. The molecule has 0 aromatic carbocycles. The molecule has 0 aliphatic carbocycles. The highest BCUT2D eigenvalue weighted by atomic mass is 32.2. The van der Waals surface area contributed by atoms with Crippen LogP contribution in [0.3, 0.4) is 0 Å². The van der Waals surface area contributed by atoms with Crippen LogP contribution in [0, 0.1) is 0 Å². The summed E-state index contributed by atoms with van der Waals surface area (Å²) in [6, 6.07) is 0. The van der Waals surface area contributed by atoms with Gasteiger partial charge in [0.15, 0.2) is 0 Å². The van der Waals surface area contributed by atoms with Gasteiger partial charge in [0.1, 0.15) is 11.5 Å². The molecule has 144 valence electrons. The maximum absolute atomic E-state index is 11.8. The van der Waals surface area contributed by atoms with Gasteiger partial charge in [-0.2, -0.15) is 8.42 Å². The number of hydrogen-bond acceptors (Lipinski definition) is 6. The highest BCUT2D eigenvalue weighted by molar-refractivity contribution is 7.85. The molecule has 0 aromatic rings. The Morgan fingerprint density at radius 1 is 1.04 bits per heavy atom. The summed E-state index contributed by atoms with van der Waals surface area (Å²) in [6.45, 7) is 2.84. The van der Waals surface area contributed by atoms with Crippen molar-refractivity contribution in [3.8, 4) is 0 Å². The largest absolute Gasteiger partial charge is 0.395 e. The van der Waals surface area contributed by atoms with Crippen molar-refractivity contribution in [1.29, 1.82) is 0 Å². The minimum Gasteiger partial charge on any atom is -0.395 e. The summed E-state index contributed by atoms with van der Waals surface area (Å²) in [7, 11) is -4.23. The summed E-state index contributed by atoms with van der Waals surface area (Å²) in [5.74, 6) is -0.514. The number of rotatable bonds is 16. The molecule has 0 heterocycles. The van der Waals surface area contributed by atoms with E-state index < -0.39 is 22.0 Å². The Labute approximate surface area is 145 Å². The summed E-state index contributed by atoms with van der Waals surface area (Å²) in [6.07, 6.45) is 5.98. The number of ketones is 1. The van der Waals surface area contributed by atoms with E-state index >= 15 is 0 Å². The first kappa shape index (κ1) is 23.5. The lowest BCUT2D eigenvalue weighted by Gasteiger charge is -2.23. The van der Waals surface area contributed by atoms with Crippen LogP contribution in [-0.4, -0.2) is 72.0 Å². The van der Waals surface area contributed by atoms with Crippen LogP contribution in [0.25, 0.3) is 0 Å². The third-order valence-electron chi connectivity index (χ3n) is 3.78. The van der Waals surface area contributed by atoms with E-state index in [1.165, 1.54) is 19.3 Å². The molecule has 0 bridgehead atoms. The Bertz CT molecular complexity index is 426. The topological polar surface area (TPSA) is 115 Å². The number of carbonyl (C=O) groups is 1. The molecular formula is C16H33NO6S. The molecule has 8 heteroatoms. The minimum atomic E-state index is -4.23. The fraction of sp³-hybridized carbons (Fsp3) is 0.938. The van der Waals surface area contributed by atoms with Gasteiger partial charge in [-0.15, -0.1) is 0 Å². The first-order chi connectivity index (χ1) is 11.3. The van der Waals surface area contributed by atoms with E-state index in [1.807, 2.05) is 0 Å². The third-order valence-corrected chi connectivity index (χ3v) is 4.58. The van der Waals surface area contributed by atoms with Gasteiger partial charge in [0.2, 0.25) is 0 Å². The predicted molar refractivity (Wildman–Crippen MR) is 93.6 cm³/mol. The highest BCUT2D eigenvalue weighted by Crippen LogP contribution is 2.08. The molecule has 0 aliphatic heterocycles. The van der Waals surface area contributed by atoms with E-state index in [0.29, 0.717) is 25.8 Å². The van der Waals surface area contributed by atoms with Gasteiger partial charge in [0.05, 0.1) is 12.7 Å². The number of unbranched alkanes of at least 4 members (excludes halogenated alkanes) is 4. The smallest absolute Gasteiger partial charge is 0.267 e. The predicted octanol–water partition coefficient (Wildman–Crippen LogP) is 1.24. The molecular weight excluding hydrogens is 334 g/mol. The lowest BCUT2D eigenvalue weighted by Crippen LogP contribution is -2.38. The van der Waals surface area contributed by atoms with Crippen molar-refractivity contribution in [1.82, 2.24) is 4.90 Å². The fourth-order valence-corrected chi connectivity index (χ4v) is 3.17. The van der Waals surface area contributed by atoms with Gasteiger partial charge in [-0.3, -0.25) is 14.2 Å². The molecule has 24 heavy (non-hydrogen) atoms. The van der Waals surface area contributed by atoms with E-state index in [4.69, 9.17) is 9.66 Å². The van der Waals surface area contributed by atoms with Crippen molar-refractivity contribution < 1.29 is 28.0 Å². The third kappa shape index (κ3) is 15.0. The average Bonchev–Trinajstić information content (AvgIpc) is 2.45. The number of aliphatic hydroxyl groups excluding tert-OH is 2. The number of hydrogen-bond donors (Lipinski definition) is 3. The van der Waals surface area contributed by atoms with Crippen LogP contribution in [0.15, 0.2) is 0 Å². The average molecular weight is 368 g/mol. The molecule has 0 saturated heterocycles. The van der Waals surface area contributed by atoms with Crippen LogP contribution in [0.1, 0.15) is 58.3 Å². The van der Waals surface area contributed by atoms with E-state index in [-0.39, 0.29) is 25.5 Å². The Morgan fingerprint density at radius 2 is 1.67 bits per heavy atom. The minimum absolute atomic E-state index is 0.0333. The quantitative estimate of drug-likeness (QED) is 0.278. The van der Waals surface area contributed by atoms with Gasteiger partial charge >= 0.3 is 0 Å². The van der Waals surface area contributed by atoms with Crippen molar-refractivity contribution in [2.24, 2.45) is 0 Å². The number of Topliss-reactive ketones (excluding diaryl/α,β-unsaturated/α-hetero) is 1. The molecule has 7 nitrogen and oxygen atoms in total. The second kappa shape index (κ2) is 13.7. The van der Waals surface area contributed by atoms with Crippen molar-refractivity contribution in [3.05, 3.63) is 0 Å². The Hall–Kier alpha value is -0.540. The van der Waals surface area contributed by atoms with Crippen molar-refractivity contribution >= 4 is 15.9 Å². The summed E-state index contributed by atoms with van der Waals surface area (Å²) >= 11 is 0. The number of nitrogens with zero attached hydrogens (tertiary/aromatic N) is 1. The maximum atomic E-state index is 11.8. The van der Waals surface area contributed by atoms with E-state index in [0.717, 1.165) is 12.8 Å². The maximum Gasteiger partial charge on any atom is 0.267 e. The zero-order valence-electron chi connectivity index (χ0n) is 14.7. The van der Waals surface area contributed by atoms with Gasteiger partial charge in [0, 0.05) is 25.9 Å². The molecule has 0 spiro atoms. The van der Waals surface area contributed by atoms with Gasteiger partial charge in [-0.25, -0.2) is 0 Å². The zero-order chi connectivity index (χ0) is 18.4. The van der Waals surface area contributed by atoms with E-state index in [9.17, 15) is 18.3 Å². The standard InChI is InChI=1S/C16H33NO6S/c1-2-3-4-5-6-8-15(19)9-7-10-17(11-12-18)13-16(20)14-24(21,22)23/h16,18,20H,2-14H2,1H3,(H,21,22,23). The second-order valence-electron chi connectivity index (χ2n) is 6.23. The highest BCUT2D eigenvalue weighted by Gasteiger charge is 2.17. The lowest BCUT2D eigenvalue weighted by atomic mass is 10.1.